The van der Waals surface area contributed by atoms with E-state index in [1.807, 2.05) is 11.1 Å². The van der Waals surface area contributed by atoms with Gasteiger partial charge in [-0.15, -0.1) is 0 Å². The Hall–Kier alpha value is -0.870. The Morgan fingerprint density at radius 3 is 2.94 bits per heavy atom. The highest BCUT2D eigenvalue weighted by atomic mass is 16.5. The zero-order valence-corrected chi connectivity index (χ0v) is 10.3. The van der Waals surface area contributed by atoms with Gasteiger partial charge in [-0.1, -0.05) is 0 Å². The summed E-state index contributed by atoms with van der Waals surface area (Å²) in [5.41, 5.74) is 1.26. The van der Waals surface area contributed by atoms with Crippen LogP contribution >= 0.6 is 0 Å². The van der Waals surface area contributed by atoms with Crippen molar-refractivity contribution in [1.82, 2.24) is 4.90 Å². The van der Waals surface area contributed by atoms with Crippen LogP contribution in [0.2, 0.25) is 0 Å². The van der Waals surface area contributed by atoms with Crippen LogP contribution in [0, 0.1) is 11.8 Å². The number of hydrogen-bond donors (Lipinski definition) is 1. The van der Waals surface area contributed by atoms with Crippen LogP contribution in [-0.2, 0) is 9.53 Å². The highest BCUT2D eigenvalue weighted by molar-refractivity contribution is 5.89. The molecular formula is C13H19NO3. The van der Waals surface area contributed by atoms with E-state index in [1.54, 1.807) is 14.0 Å². The molecule has 4 heteroatoms. The number of β-lactam (4-membered cyclic amide) rings is 1. The summed E-state index contributed by atoms with van der Waals surface area (Å²) in [5.74, 6) is 0.275. The minimum absolute atomic E-state index is 0.0711. The van der Waals surface area contributed by atoms with E-state index in [0.717, 1.165) is 19.3 Å². The summed E-state index contributed by atoms with van der Waals surface area (Å²) in [5, 5.41) is 9.70. The quantitative estimate of drug-likeness (QED) is 0.726. The largest absolute Gasteiger partial charge is 0.393 e. The monoisotopic (exact) mass is 237 g/mol. The van der Waals surface area contributed by atoms with Crippen molar-refractivity contribution in [3.63, 3.8) is 0 Å². The Balaban J connectivity index is 1.87. The maximum Gasteiger partial charge on any atom is 0.234 e. The molecule has 3 rings (SSSR count). The maximum atomic E-state index is 11.9. The lowest BCUT2D eigenvalue weighted by Crippen LogP contribution is -2.62. The van der Waals surface area contributed by atoms with Gasteiger partial charge < -0.3 is 14.7 Å². The highest BCUT2D eigenvalue weighted by Crippen LogP contribution is 2.49. The SMILES string of the molecule is CO[C@H]1CCC[C@H]2C1=CN1C(=O)[C@H](C(C)O)[C@@H]21. The van der Waals surface area contributed by atoms with Crippen LogP contribution in [-0.4, -0.2) is 41.3 Å². The zero-order valence-electron chi connectivity index (χ0n) is 10.3. The van der Waals surface area contributed by atoms with E-state index in [9.17, 15) is 9.90 Å². The van der Waals surface area contributed by atoms with Crippen molar-refractivity contribution in [1.29, 1.82) is 0 Å². The lowest BCUT2D eigenvalue weighted by atomic mass is 9.72. The van der Waals surface area contributed by atoms with E-state index in [-0.39, 0.29) is 24.0 Å². The van der Waals surface area contributed by atoms with Crippen LogP contribution < -0.4 is 0 Å². The van der Waals surface area contributed by atoms with Gasteiger partial charge in [0.2, 0.25) is 5.91 Å². The topological polar surface area (TPSA) is 49.8 Å². The zero-order chi connectivity index (χ0) is 12.2. The summed E-state index contributed by atoms with van der Waals surface area (Å²) in [7, 11) is 1.73. The molecule has 4 nitrogen and oxygen atoms in total. The standard InChI is InChI=1S/C13H19NO3/c1-7(15)11-12-8-4-3-5-10(17-2)9(8)6-14(12)13(11)16/h6-8,10-12,15H,3-5H2,1-2H3/t7?,8-,10-,11+,12+/m0/s1. The van der Waals surface area contributed by atoms with Gasteiger partial charge in [-0.3, -0.25) is 4.79 Å². The van der Waals surface area contributed by atoms with Crippen LogP contribution in [0.4, 0.5) is 0 Å². The molecule has 0 bridgehead atoms. The second kappa shape index (κ2) is 3.82. The third-order valence-electron chi connectivity index (χ3n) is 4.51. The molecule has 1 saturated carbocycles. The first-order chi connectivity index (χ1) is 8.15. The summed E-state index contributed by atoms with van der Waals surface area (Å²) in [6.07, 6.45) is 4.91. The average molecular weight is 237 g/mol. The maximum absolute atomic E-state index is 11.9. The van der Waals surface area contributed by atoms with E-state index in [2.05, 4.69) is 0 Å². The summed E-state index contributed by atoms with van der Waals surface area (Å²) < 4.78 is 5.49. The predicted molar refractivity (Wildman–Crippen MR) is 62.0 cm³/mol. The van der Waals surface area contributed by atoms with Gasteiger partial charge in [-0.25, -0.2) is 0 Å². The summed E-state index contributed by atoms with van der Waals surface area (Å²) in [4.78, 5) is 13.7. The van der Waals surface area contributed by atoms with Gasteiger partial charge in [-0.2, -0.15) is 0 Å². The first-order valence-corrected chi connectivity index (χ1v) is 6.39. The number of carbonyl (C=O) groups excluding carboxylic acids is 1. The number of aliphatic hydroxyl groups is 1. The number of rotatable bonds is 2. The molecule has 0 aromatic carbocycles. The van der Waals surface area contributed by atoms with E-state index < -0.39 is 6.10 Å². The molecule has 0 aromatic rings. The van der Waals surface area contributed by atoms with E-state index >= 15 is 0 Å². The fourth-order valence-corrected chi connectivity index (χ4v) is 3.70. The van der Waals surface area contributed by atoms with Crippen molar-refractivity contribution < 1.29 is 14.6 Å². The minimum atomic E-state index is -0.542. The molecule has 94 valence electrons. The molecule has 17 heavy (non-hydrogen) atoms. The molecule has 0 radical (unpaired) electrons. The number of amides is 1. The van der Waals surface area contributed by atoms with Gasteiger partial charge in [-0.05, 0) is 31.8 Å². The van der Waals surface area contributed by atoms with E-state index in [1.165, 1.54) is 5.57 Å². The highest BCUT2D eigenvalue weighted by Gasteiger charge is 2.57. The third kappa shape index (κ3) is 1.40. The molecule has 3 aliphatic rings. The lowest BCUT2D eigenvalue weighted by Gasteiger charge is -2.47. The first kappa shape index (κ1) is 11.2. The fraction of sp³-hybridized carbons (Fsp3) is 0.769. The molecule has 2 heterocycles. The van der Waals surface area contributed by atoms with Gasteiger partial charge >= 0.3 is 0 Å². The van der Waals surface area contributed by atoms with Crippen molar-refractivity contribution in [2.75, 3.05) is 7.11 Å². The van der Waals surface area contributed by atoms with Crippen molar-refractivity contribution >= 4 is 5.91 Å². The van der Waals surface area contributed by atoms with E-state index in [4.69, 9.17) is 4.74 Å². The van der Waals surface area contributed by atoms with Crippen LogP contribution in [0.15, 0.2) is 11.8 Å². The molecule has 2 fully saturated rings. The molecule has 1 N–H and O–H groups in total. The number of hydrogen-bond acceptors (Lipinski definition) is 3. The van der Waals surface area contributed by atoms with Gasteiger partial charge in [0.15, 0.2) is 0 Å². The molecular weight excluding hydrogens is 218 g/mol. The molecule has 0 aromatic heterocycles. The van der Waals surface area contributed by atoms with Crippen molar-refractivity contribution in [2.45, 2.75) is 44.4 Å². The Morgan fingerprint density at radius 1 is 1.53 bits per heavy atom. The number of ether oxygens (including phenoxy) is 1. The van der Waals surface area contributed by atoms with Crippen molar-refractivity contribution in [3.05, 3.63) is 11.8 Å². The molecule has 1 unspecified atom stereocenters. The first-order valence-electron chi connectivity index (χ1n) is 6.39. The van der Waals surface area contributed by atoms with Crippen molar-refractivity contribution in [2.24, 2.45) is 11.8 Å². The van der Waals surface area contributed by atoms with Crippen LogP contribution in [0.1, 0.15) is 26.2 Å². The predicted octanol–water partition coefficient (Wildman–Crippen LogP) is 0.907. The molecule has 1 amide bonds. The van der Waals surface area contributed by atoms with Gasteiger partial charge in [0, 0.05) is 19.2 Å². The fourth-order valence-electron chi connectivity index (χ4n) is 3.70. The Morgan fingerprint density at radius 2 is 2.29 bits per heavy atom. The minimum Gasteiger partial charge on any atom is -0.393 e. The van der Waals surface area contributed by atoms with Gasteiger partial charge in [0.1, 0.15) is 0 Å². The van der Waals surface area contributed by atoms with Crippen LogP contribution in [0.5, 0.6) is 0 Å². The molecule has 1 saturated heterocycles. The molecule has 5 atom stereocenters. The lowest BCUT2D eigenvalue weighted by molar-refractivity contribution is -0.159. The number of methoxy groups -OCH3 is 1. The van der Waals surface area contributed by atoms with E-state index in [0.29, 0.717) is 5.92 Å². The second-order valence-electron chi connectivity index (χ2n) is 5.39. The molecule has 1 aliphatic carbocycles. The van der Waals surface area contributed by atoms with Crippen molar-refractivity contribution in [3.8, 4) is 0 Å². The van der Waals surface area contributed by atoms with Gasteiger partial charge in [0.05, 0.1) is 24.2 Å². The van der Waals surface area contributed by atoms with Crippen LogP contribution in [0.3, 0.4) is 0 Å². The number of nitrogens with zero attached hydrogens (tertiary/aromatic N) is 1. The number of fused-ring (bicyclic) bond motifs is 3. The summed E-state index contributed by atoms with van der Waals surface area (Å²) in [6, 6.07) is 0.190. The Labute approximate surface area is 101 Å². The Bertz CT molecular complexity index is 377. The molecule has 2 aliphatic heterocycles. The third-order valence-corrected chi connectivity index (χ3v) is 4.51. The normalized spacial score (nSPS) is 41.5. The summed E-state index contributed by atoms with van der Waals surface area (Å²) >= 11 is 0. The molecule has 0 spiro atoms. The second-order valence-corrected chi connectivity index (χ2v) is 5.39. The van der Waals surface area contributed by atoms with Crippen LogP contribution in [0.25, 0.3) is 0 Å². The smallest absolute Gasteiger partial charge is 0.234 e. The average Bonchev–Trinajstić information content (AvgIpc) is 2.63. The van der Waals surface area contributed by atoms with Gasteiger partial charge in [0.25, 0.3) is 0 Å². The summed E-state index contributed by atoms with van der Waals surface area (Å²) in [6.45, 7) is 1.72. The number of carbonyl (C=O) groups is 1. The number of aliphatic hydroxyl groups excluding tert-OH is 1. The Kier molecular flexibility index (Phi) is 2.52.